The molecular formula is C23H26N2O5. The zero-order valence-electron chi connectivity index (χ0n) is 17.2. The van der Waals surface area contributed by atoms with Crippen LogP contribution in [-0.4, -0.2) is 43.6 Å². The fourth-order valence-electron chi connectivity index (χ4n) is 3.21. The average molecular weight is 410 g/mol. The van der Waals surface area contributed by atoms with Gasteiger partial charge in [-0.1, -0.05) is 49.4 Å². The van der Waals surface area contributed by atoms with Gasteiger partial charge in [-0.05, 0) is 30.5 Å². The summed E-state index contributed by atoms with van der Waals surface area (Å²) in [5.41, 5.74) is 1.75. The molecule has 1 heterocycles. The van der Waals surface area contributed by atoms with E-state index in [-0.39, 0.29) is 37.3 Å². The number of amides is 2. The molecule has 3 rings (SSSR count). The molecule has 0 spiro atoms. The van der Waals surface area contributed by atoms with E-state index in [0.717, 1.165) is 5.56 Å². The number of nitrogens with one attached hydrogen (secondary N) is 1. The first-order valence-corrected chi connectivity index (χ1v) is 10.00. The Labute approximate surface area is 176 Å². The Balaban J connectivity index is 1.45. The number of carbonyl (C=O) groups is 3. The number of fused-ring (bicyclic) bond motifs is 1. The minimum absolute atomic E-state index is 0.0158. The normalized spacial score (nSPS) is 14.9. The zero-order valence-corrected chi connectivity index (χ0v) is 17.2. The lowest BCUT2D eigenvalue weighted by Gasteiger charge is -2.29. The van der Waals surface area contributed by atoms with Crippen molar-refractivity contribution < 1.29 is 23.9 Å². The van der Waals surface area contributed by atoms with Crippen molar-refractivity contribution in [1.29, 1.82) is 0 Å². The van der Waals surface area contributed by atoms with E-state index >= 15 is 0 Å². The fraction of sp³-hybridized carbons (Fsp3) is 0.348. The van der Waals surface area contributed by atoms with Crippen LogP contribution in [0.15, 0.2) is 54.6 Å². The zero-order chi connectivity index (χ0) is 21.5. The van der Waals surface area contributed by atoms with Crippen molar-refractivity contribution in [3.63, 3.8) is 0 Å². The van der Waals surface area contributed by atoms with Gasteiger partial charge in [-0.15, -0.1) is 0 Å². The second-order valence-electron chi connectivity index (χ2n) is 7.24. The highest BCUT2D eigenvalue weighted by atomic mass is 16.5. The number of hydrogen-bond donors (Lipinski definition) is 1. The van der Waals surface area contributed by atoms with Crippen LogP contribution >= 0.6 is 0 Å². The number of benzene rings is 2. The van der Waals surface area contributed by atoms with Crippen molar-refractivity contribution in [2.45, 2.75) is 32.3 Å². The molecule has 2 atom stereocenters. The van der Waals surface area contributed by atoms with Crippen LogP contribution in [0.25, 0.3) is 0 Å². The minimum Gasteiger partial charge on any atom is -0.482 e. The van der Waals surface area contributed by atoms with Gasteiger partial charge in [0, 0.05) is 13.1 Å². The van der Waals surface area contributed by atoms with Gasteiger partial charge < -0.3 is 19.7 Å². The molecule has 158 valence electrons. The Morgan fingerprint density at radius 2 is 1.80 bits per heavy atom. The average Bonchev–Trinajstić information content (AvgIpc) is 2.77. The highest BCUT2D eigenvalue weighted by Gasteiger charge is 2.26. The van der Waals surface area contributed by atoms with Gasteiger partial charge in [-0.3, -0.25) is 14.4 Å². The second kappa shape index (κ2) is 9.91. The summed E-state index contributed by atoms with van der Waals surface area (Å²) in [6.07, 6.45) is -0.925. The quantitative estimate of drug-likeness (QED) is 0.677. The van der Waals surface area contributed by atoms with Gasteiger partial charge in [0.25, 0.3) is 11.8 Å². The van der Waals surface area contributed by atoms with Crippen LogP contribution in [-0.2, 0) is 19.1 Å². The standard InChI is InChI=1S/C23H26N2O5/c1-16(18-8-4-3-5-9-18)14-24-23(28)17(2)30-22(27)12-13-25-19-10-6-7-11-20(19)29-15-21(25)26/h3-11,16-17H,12-15H2,1-2H3,(H,24,28)/t16-,17+/m0/s1. The topological polar surface area (TPSA) is 84.9 Å². The van der Waals surface area contributed by atoms with E-state index in [1.807, 2.05) is 43.3 Å². The molecule has 7 nitrogen and oxygen atoms in total. The molecule has 0 aromatic heterocycles. The highest BCUT2D eigenvalue weighted by molar-refractivity contribution is 5.98. The first-order chi connectivity index (χ1) is 14.5. The molecule has 1 N–H and O–H groups in total. The summed E-state index contributed by atoms with van der Waals surface area (Å²) >= 11 is 0. The molecule has 0 unspecified atom stereocenters. The van der Waals surface area contributed by atoms with Gasteiger partial charge in [-0.2, -0.15) is 0 Å². The summed E-state index contributed by atoms with van der Waals surface area (Å²) in [5.74, 6) is -0.358. The maximum Gasteiger partial charge on any atom is 0.308 e. The van der Waals surface area contributed by atoms with E-state index in [0.29, 0.717) is 18.0 Å². The van der Waals surface area contributed by atoms with Crippen LogP contribution in [0.4, 0.5) is 5.69 Å². The molecule has 30 heavy (non-hydrogen) atoms. The monoisotopic (exact) mass is 410 g/mol. The summed E-state index contributed by atoms with van der Waals surface area (Å²) in [5, 5.41) is 2.81. The largest absolute Gasteiger partial charge is 0.482 e. The maximum atomic E-state index is 12.3. The van der Waals surface area contributed by atoms with Gasteiger partial charge in [0.1, 0.15) is 5.75 Å². The van der Waals surface area contributed by atoms with Crippen molar-refractivity contribution in [2.24, 2.45) is 0 Å². The Morgan fingerprint density at radius 1 is 1.10 bits per heavy atom. The molecular weight excluding hydrogens is 384 g/mol. The Kier molecular flexibility index (Phi) is 7.06. The number of anilines is 1. The van der Waals surface area contributed by atoms with Gasteiger partial charge in [0.15, 0.2) is 12.7 Å². The predicted octanol–water partition coefficient (Wildman–Crippen LogP) is 2.65. The van der Waals surface area contributed by atoms with Crippen molar-refractivity contribution in [1.82, 2.24) is 5.32 Å². The summed E-state index contributed by atoms with van der Waals surface area (Å²) < 4.78 is 10.6. The van der Waals surface area contributed by atoms with Crippen LogP contribution in [0.5, 0.6) is 5.75 Å². The van der Waals surface area contributed by atoms with Gasteiger partial charge in [0.2, 0.25) is 0 Å². The van der Waals surface area contributed by atoms with E-state index in [2.05, 4.69) is 5.32 Å². The lowest BCUT2D eigenvalue weighted by molar-refractivity contribution is -0.154. The van der Waals surface area contributed by atoms with E-state index in [4.69, 9.17) is 9.47 Å². The first kappa shape index (κ1) is 21.4. The Morgan fingerprint density at radius 3 is 2.57 bits per heavy atom. The number of ether oxygens (including phenoxy) is 2. The number of para-hydroxylation sites is 2. The third-order valence-electron chi connectivity index (χ3n) is 4.98. The van der Waals surface area contributed by atoms with Crippen LogP contribution in [0.1, 0.15) is 31.7 Å². The molecule has 2 aromatic rings. The molecule has 1 aliphatic rings. The molecule has 0 radical (unpaired) electrons. The molecule has 0 fully saturated rings. The number of nitrogens with zero attached hydrogens (tertiary/aromatic N) is 1. The summed E-state index contributed by atoms with van der Waals surface area (Å²) in [6.45, 7) is 4.10. The van der Waals surface area contributed by atoms with Crippen LogP contribution in [0.2, 0.25) is 0 Å². The van der Waals surface area contributed by atoms with Crippen molar-refractivity contribution in [3.05, 3.63) is 60.2 Å². The van der Waals surface area contributed by atoms with Crippen LogP contribution in [0.3, 0.4) is 0 Å². The Bertz CT molecular complexity index is 899. The van der Waals surface area contributed by atoms with E-state index < -0.39 is 12.1 Å². The lowest BCUT2D eigenvalue weighted by atomic mass is 10.0. The number of carbonyl (C=O) groups excluding carboxylic acids is 3. The first-order valence-electron chi connectivity index (χ1n) is 10.00. The third-order valence-corrected chi connectivity index (χ3v) is 4.98. The number of esters is 1. The Hall–Kier alpha value is -3.35. The van der Waals surface area contributed by atoms with E-state index in [1.165, 1.54) is 11.8 Å². The van der Waals surface area contributed by atoms with Crippen molar-refractivity contribution >= 4 is 23.5 Å². The minimum atomic E-state index is -0.909. The third kappa shape index (κ3) is 5.37. The second-order valence-corrected chi connectivity index (χ2v) is 7.24. The molecule has 7 heteroatoms. The number of hydrogen-bond acceptors (Lipinski definition) is 5. The smallest absolute Gasteiger partial charge is 0.308 e. The van der Waals surface area contributed by atoms with Crippen molar-refractivity contribution in [3.8, 4) is 5.75 Å². The lowest BCUT2D eigenvalue weighted by Crippen LogP contribution is -2.41. The summed E-state index contributed by atoms with van der Waals surface area (Å²) in [6, 6.07) is 17.0. The highest BCUT2D eigenvalue weighted by Crippen LogP contribution is 2.31. The molecule has 1 aliphatic heterocycles. The summed E-state index contributed by atoms with van der Waals surface area (Å²) in [7, 11) is 0. The molecule has 0 saturated heterocycles. The fourth-order valence-corrected chi connectivity index (χ4v) is 3.21. The van der Waals surface area contributed by atoms with Crippen molar-refractivity contribution in [2.75, 3.05) is 24.6 Å². The van der Waals surface area contributed by atoms with Crippen LogP contribution in [0, 0.1) is 0 Å². The van der Waals surface area contributed by atoms with Crippen LogP contribution < -0.4 is 15.0 Å². The molecule has 0 saturated carbocycles. The maximum absolute atomic E-state index is 12.3. The van der Waals surface area contributed by atoms with Gasteiger partial charge in [-0.25, -0.2) is 0 Å². The number of rotatable bonds is 8. The van der Waals surface area contributed by atoms with E-state index in [9.17, 15) is 14.4 Å². The van der Waals surface area contributed by atoms with Gasteiger partial charge in [0.05, 0.1) is 12.1 Å². The summed E-state index contributed by atoms with van der Waals surface area (Å²) in [4.78, 5) is 38.1. The molecule has 0 aliphatic carbocycles. The SMILES string of the molecule is C[C@@H](OC(=O)CCN1C(=O)COc2ccccc21)C(=O)NC[C@H](C)c1ccccc1. The molecule has 0 bridgehead atoms. The molecule has 2 aromatic carbocycles. The molecule has 2 amide bonds. The van der Waals surface area contributed by atoms with E-state index in [1.54, 1.807) is 18.2 Å². The predicted molar refractivity (Wildman–Crippen MR) is 112 cm³/mol. The van der Waals surface area contributed by atoms with Gasteiger partial charge >= 0.3 is 5.97 Å².